The van der Waals surface area contributed by atoms with Crippen molar-refractivity contribution in [3.8, 4) is 0 Å². The molecule has 2 rings (SSSR count). The first kappa shape index (κ1) is 16.2. The van der Waals surface area contributed by atoms with E-state index in [0.29, 0.717) is 12.8 Å². The molecule has 1 unspecified atom stereocenters. The summed E-state index contributed by atoms with van der Waals surface area (Å²) in [4.78, 5) is 29.5. The van der Waals surface area contributed by atoms with E-state index >= 15 is 0 Å². The lowest BCUT2D eigenvalue weighted by atomic mass is 9.96. The molecular formula is C15H25NO5. The van der Waals surface area contributed by atoms with E-state index < -0.39 is 28.5 Å². The Morgan fingerprint density at radius 3 is 2.05 bits per heavy atom. The van der Waals surface area contributed by atoms with Crippen LogP contribution in [0.15, 0.2) is 0 Å². The molecule has 1 saturated heterocycles. The summed E-state index contributed by atoms with van der Waals surface area (Å²) in [6.07, 6.45) is 1.03. The summed E-state index contributed by atoms with van der Waals surface area (Å²) in [6, 6.07) is 0. The standard InChI is InChI=1S/C15H25NO5/c1-13(2,3)11(17)21-16-15(7-9-10(8-15)19-9)12(18)20-14(4,5)6/h9-10,16H,7-8H2,1-6H3/t9-,10+,15?. The first-order valence-corrected chi connectivity index (χ1v) is 7.30. The maximum atomic E-state index is 12.5. The summed E-state index contributed by atoms with van der Waals surface area (Å²) < 4.78 is 10.8. The maximum absolute atomic E-state index is 12.5. The molecule has 0 aromatic heterocycles. The average Bonchev–Trinajstić information content (AvgIpc) is 2.90. The number of ether oxygens (including phenoxy) is 2. The van der Waals surface area contributed by atoms with Crippen LogP contribution in [0, 0.1) is 5.41 Å². The molecule has 3 atom stereocenters. The van der Waals surface area contributed by atoms with Gasteiger partial charge in [0.2, 0.25) is 0 Å². The summed E-state index contributed by atoms with van der Waals surface area (Å²) in [5.41, 5.74) is 0.454. The Kier molecular flexibility index (Phi) is 3.83. The van der Waals surface area contributed by atoms with Crippen molar-refractivity contribution in [1.29, 1.82) is 0 Å². The SMILES string of the molecule is CC(C)(C)OC(=O)C1(NOC(=O)C(C)(C)C)C[C@@H]2O[C@@H]2C1. The second-order valence-corrected chi connectivity index (χ2v) is 7.95. The molecule has 1 N–H and O–H groups in total. The van der Waals surface area contributed by atoms with Gasteiger partial charge < -0.3 is 14.3 Å². The molecule has 2 fully saturated rings. The number of rotatable bonds is 3. The molecule has 1 heterocycles. The molecule has 0 amide bonds. The normalized spacial score (nSPS) is 31.5. The Morgan fingerprint density at radius 2 is 1.62 bits per heavy atom. The van der Waals surface area contributed by atoms with Gasteiger partial charge in [0.05, 0.1) is 17.6 Å². The van der Waals surface area contributed by atoms with Gasteiger partial charge >= 0.3 is 11.9 Å². The number of esters is 1. The average molecular weight is 299 g/mol. The second kappa shape index (κ2) is 4.95. The predicted octanol–water partition coefficient (Wildman–Crippen LogP) is 1.72. The van der Waals surface area contributed by atoms with Gasteiger partial charge in [-0.2, -0.15) is 0 Å². The Bertz CT molecular complexity index is 436. The van der Waals surface area contributed by atoms with Crippen molar-refractivity contribution >= 4 is 11.9 Å². The van der Waals surface area contributed by atoms with Gasteiger partial charge in [-0.15, -0.1) is 5.48 Å². The minimum absolute atomic E-state index is 0.0540. The fourth-order valence-corrected chi connectivity index (χ4v) is 2.27. The molecular weight excluding hydrogens is 274 g/mol. The number of carbonyl (C=O) groups is 2. The topological polar surface area (TPSA) is 77.2 Å². The summed E-state index contributed by atoms with van der Waals surface area (Å²) in [6.45, 7) is 10.7. The van der Waals surface area contributed by atoms with E-state index in [9.17, 15) is 9.59 Å². The summed E-state index contributed by atoms with van der Waals surface area (Å²) >= 11 is 0. The van der Waals surface area contributed by atoms with Gasteiger partial charge in [0.25, 0.3) is 0 Å². The molecule has 21 heavy (non-hydrogen) atoms. The lowest BCUT2D eigenvalue weighted by Gasteiger charge is -2.32. The Morgan fingerprint density at radius 1 is 1.10 bits per heavy atom. The zero-order valence-electron chi connectivity index (χ0n) is 13.6. The summed E-state index contributed by atoms with van der Waals surface area (Å²) in [5, 5.41) is 0. The van der Waals surface area contributed by atoms with Crippen LogP contribution in [0.5, 0.6) is 0 Å². The number of epoxide rings is 1. The molecule has 0 bridgehead atoms. The van der Waals surface area contributed by atoms with Crippen molar-refractivity contribution < 1.29 is 23.9 Å². The fourth-order valence-electron chi connectivity index (χ4n) is 2.27. The molecule has 0 aromatic rings. The molecule has 2 aliphatic rings. The van der Waals surface area contributed by atoms with E-state index in [1.165, 1.54) is 0 Å². The van der Waals surface area contributed by atoms with Crippen LogP contribution in [0.1, 0.15) is 54.4 Å². The molecule has 1 aliphatic heterocycles. The number of hydroxylamine groups is 1. The molecule has 1 saturated carbocycles. The third-order valence-corrected chi connectivity index (χ3v) is 3.53. The predicted molar refractivity (Wildman–Crippen MR) is 75.2 cm³/mol. The summed E-state index contributed by atoms with van der Waals surface area (Å²) in [7, 11) is 0. The van der Waals surface area contributed by atoms with Crippen molar-refractivity contribution in [3.05, 3.63) is 0 Å². The number of nitrogens with one attached hydrogen (secondary N) is 1. The van der Waals surface area contributed by atoms with Crippen molar-refractivity contribution in [2.45, 2.75) is 77.7 Å². The van der Waals surface area contributed by atoms with E-state index in [-0.39, 0.29) is 12.2 Å². The van der Waals surface area contributed by atoms with Crippen LogP contribution in [0.3, 0.4) is 0 Å². The van der Waals surface area contributed by atoms with Crippen LogP contribution in [-0.2, 0) is 23.9 Å². The minimum atomic E-state index is -0.998. The van der Waals surface area contributed by atoms with Gasteiger partial charge in [-0.25, -0.2) is 9.59 Å². The van der Waals surface area contributed by atoms with E-state index in [2.05, 4.69) is 5.48 Å². The lowest BCUT2D eigenvalue weighted by molar-refractivity contribution is -0.181. The number of hydrogen-bond acceptors (Lipinski definition) is 6. The van der Waals surface area contributed by atoms with Crippen LogP contribution in [0.25, 0.3) is 0 Å². The zero-order chi connectivity index (χ0) is 16.1. The van der Waals surface area contributed by atoms with E-state index in [1.54, 1.807) is 20.8 Å². The molecule has 6 heteroatoms. The molecule has 1 aliphatic carbocycles. The molecule has 0 spiro atoms. The number of fused-ring (bicyclic) bond motifs is 1. The van der Waals surface area contributed by atoms with Crippen LogP contribution in [0.4, 0.5) is 0 Å². The number of hydrogen-bond donors (Lipinski definition) is 1. The van der Waals surface area contributed by atoms with Gasteiger partial charge in [0.15, 0.2) is 5.54 Å². The highest BCUT2D eigenvalue weighted by atomic mass is 16.7. The largest absolute Gasteiger partial charge is 0.458 e. The van der Waals surface area contributed by atoms with Gasteiger partial charge in [0.1, 0.15) is 5.60 Å². The van der Waals surface area contributed by atoms with Crippen LogP contribution in [0.2, 0.25) is 0 Å². The summed E-state index contributed by atoms with van der Waals surface area (Å²) in [5.74, 6) is -0.806. The van der Waals surface area contributed by atoms with E-state index in [0.717, 1.165) is 0 Å². The fraction of sp³-hybridized carbons (Fsp3) is 0.867. The lowest BCUT2D eigenvalue weighted by Crippen LogP contribution is -2.55. The first-order chi connectivity index (χ1) is 9.43. The van der Waals surface area contributed by atoms with Gasteiger partial charge in [-0.3, -0.25) is 0 Å². The first-order valence-electron chi connectivity index (χ1n) is 7.30. The Balaban J connectivity index is 2.05. The highest BCUT2D eigenvalue weighted by Gasteiger charge is 2.61. The van der Waals surface area contributed by atoms with Crippen molar-refractivity contribution in [2.24, 2.45) is 5.41 Å². The Hall–Kier alpha value is -1.14. The van der Waals surface area contributed by atoms with Crippen LogP contribution >= 0.6 is 0 Å². The molecule has 0 radical (unpaired) electrons. The zero-order valence-corrected chi connectivity index (χ0v) is 13.6. The van der Waals surface area contributed by atoms with Crippen LogP contribution in [-0.4, -0.2) is 35.3 Å². The molecule has 0 aromatic carbocycles. The third kappa shape index (κ3) is 3.74. The highest BCUT2D eigenvalue weighted by molar-refractivity contribution is 5.83. The van der Waals surface area contributed by atoms with E-state index in [1.807, 2.05) is 20.8 Å². The van der Waals surface area contributed by atoms with Crippen molar-refractivity contribution in [2.75, 3.05) is 0 Å². The maximum Gasteiger partial charge on any atom is 0.330 e. The smallest absolute Gasteiger partial charge is 0.330 e. The second-order valence-electron chi connectivity index (χ2n) is 7.95. The van der Waals surface area contributed by atoms with E-state index in [4.69, 9.17) is 14.3 Å². The van der Waals surface area contributed by atoms with Crippen molar-refractivity contribution in [3.63, 3.8) is 0 Å². The van der Waals surface area contributed by atoms with Crippen LogP contribution < -0.4 is 5.48 Å². The molecule has 120 valence electrons. The van der Waals surface area contributed by atoms with Gasteiger partial charge in [-0.05, 0) is 41.5 Å². The number of carbonyl (C=O) groups excluding carboxylic acids is 2. The Labute approximate surface area is 125 Å². The quantitative estimate of drug-likeness (QED) is 0.486. The third-order valence-electron chi connectivity index (χ3n) is 3.53. The van der Waals surface area contributed by atoms with Gasteiger partial charge in [-0.1, -0.05) is 0 Å². The monoisotopic (exact) mass is 299 g/mol. The van der Waals surface area contributed by atoms with Crippen molar-refractivity contribution in [1.82, 2.24) is 5.48 Å². The van der Waals surface area contributed by atoms with Gasteiger partial charge in [0, 0.05) is 12.8 Å². The minimum Gasteiger partial charge on any atom is -0.458 e. The molecule has 6 nitrogen and oxygen atoms in total. The highest BCUT2D eigenvalue weighted by Crippen LogP contribution is 2.45.